The first-order valence-corrected chi connectivity index (χ1v) is 14.4. The largest absolute Gasteiger partial charge is 0.335 e. The van der Waals surface area contributed by atoms with E-state index in [4.69, 9.17) is 4.98 Å². The number of aryl methyl sites for hydroxylation is 4. The Bertz CT molecular complexity index is 688. The third-order valence-electron chi connectivity index (χ3n) is 6.97. The Kier molecular flexibility index (Phi) is 15.8. The number of imidazole rings is 1. The Hall–Kier alpha value is -1.57. The fourth-order valence-electron chi connectivity index (χ4n) is 4.88. The van der Waals surface area contributed by atoms with Crippen LogP contribution >= 0.6 is 0 Å². The predicted molar refractivity (Wildman–Crippen MR) is 145 cm³/mol. The lowest BCUT2D eigenvalue weighted by atomic mass is 10.0. The molecule has 0 unspecified atom stereocenters. The molecule has 2 heteroatoms. The molecule has 1 heterocycles. The van der Waals surface area contributed by atoms with E-state index >= 15 is 0 Å². The standard InChI is InChI=1S/C31H52N2/c1-3-5-6-7-8-9-10-11-12-13-14-15-16-17-21-27-33-28-30(32-31(33)4-2)26-22-25-29-23-19-18-20-24-29/h18-20,23-24,28H,3-17,21-22,25-27H2,1-2H3. The van der Waals surface area contributed by atoms with Gasteiger partial charge in [0.2, 0.25) is 0 Å². The van der Waals surface area contributed by atoms with Gasteiger partial charge in [-0.25, -0.2) is 4.98 Å². The molecule has 0 aliphatic heterocycles. The fraction of sp³-hybridized carbons (Fsp3) is 0.710. The monoisotopic (exact) mass is 452 g/mol. The summed E-state index contributed by atoms with van der Waals surface area (Å²) in [4.78, 5) is 4.91. The molecule has 33 heavy (non-hydrogen) atoms. The van der Waals surface area contributed by atoms with Gasteiger partial charge in [-0.1, -0.05) is 134 Å². The molecule has 186 valence electrons. The number of hydrogen-bond donors (Lipinski definition) is 0. The first kappa shape index (κ1) is 27.7. The number of rotatable bonds is 21. The summed E-state index contributed by atoms with van der Waals surface area (Å²) in [6.45, 7) is 5.68. The van der Waals surface area contributed by atoms with Crippen molar-refractivity contribution in [2.75, 3.05) is 0 Å². The summed E-state index contributed by atoms with van der Waals surface area (Å²) in [5.41, 5.74) is 2.72. The summed E-state index contributed by atoms with van der Waals surface area (Å²) in [5, 5.41) is 0. The first-order chi connectivity index (χ1) is 16.3. The Balaban J connectivity index is 1.45. The molecule has 0 aliphatic carbocycles. The van der Waals surface area contributed by atoms with E-state index in [9.17, 15) is 0 Å². The van der Waals surface area contributed by atoms with Crippen molar-refractivity contribution in [2.45, 2.75) is 142 Å². The summed E-state index contributed by atoms with van der Waals surface area (Å²) in [6, 6.07) is 10.8. The van der Waals surface area contributed by atoms with E-state index < -0.39 is 0 Å². The molecular formula is C31H52N2. The smallest absolute Gasteiger partial charge is 0.108 e. The highest BCUT2D eigenvalue weighted by Gasteiger charge is 2.06. The molecule has 1 aromatic heterocycles. The summed E-state index contributed by atoms with van der Waals surface area (Å²) < 4.78 is 2.43. The zero-order valence-corrected chi connectivity index (χ0v) is 22.0. The van der Waals surface area contributed by atoms with Gasteiger partial charge in [-0.3, -0.25) is 0 Å². The van der Waals surface area contributed by atoms with Crippen LogP contribution in [0.2, 0.25) is 0 Å². The molecule has 0 N–H and O–H groups in total. The second kappa shape index (κ2) is 18.8. The van der Waals surface area contributed by atoms with Crippen molar-refractivity contribution in [3.8, 4) is 0 Å². The minimum Gasteiger partial charge on any atom is -0.335 e. The van der Waals surface area contributed by atoms with E-state index in [0.717, 1.165) is 25.8 Å². The quantitative estimate of drug-likeness (QED) is 0.172. The summed E-state index contributed by atoms with van der Waals surface area (Å²) >= 11 is 0. The van der Waals surface area contributed by atoms with Crippen LogP contribution in [0.3, 0.4) is 0 Å². The van der Waals surface area contributed by atoms with Crippen LogP contribution in [0.4, 0.5) is 0 Å². The van der Waals surface area contributed by atoms with Gasteiger partial charge in [0.25, 0.3) is 0 Å². The van der Waals surface area contributed by atoms with Crippen LogP contribution in [0.5, 0.6) is 0 Å². The zero-order valence-electron chi connectivity index (χ0n) is 22.0. The molecule has 0 amide bonds. The number of nitrogens with zero attached hydrogens (tertiary/aromatic N) is 2. The molecular weight excluding hydrogens is 400 g/mol. The molecule has 0 fully saturated rings. The van der Waals surface area contributed by atoms with Gasteiger partial charge in [0.1, 0.15) is 5.82 Å². The minimum atomic E-state index is 1.04. The van der Waals surface area contributed by atoms with Crippen LogP contribution < -0.4 is 0 Å². The molecule has 2 aromatic rings. The average molecular weight is 453 g/mol. The van der Waals surface area contributed by atoms with Crippen molar-refractivity contribution < 1.29 is 0 Å². The van der Waals surface area contributed by atoms with E-state index in [0.29, 0.717) is 0 Å². The maximum Gasteiger partial charge on any atom is 0.108 e. The second-order valence-corrected chi connectivity index (χ2v) is 9.98. The van der Waals surface area contributed by atoms with E-state index in [1.807, 2.05) is 0 Å². The Morgan fingerprint density at radius 2 is 1.15 bits per heavy atom. The van der Waals surface area contributed by atoms with Crippen LogP contribution in [-0.4, -0.2) is 9.55 Å². The summed E-state index contributed by atoms with van der Waals surface area (Å²) in [7, 11) is 0. The van der Waals surface area contributed by atoms with Gasteiger partial charge in [0.15, 0.2) is 0 Å². The van der Waals surface area contributed by atoms with Crippen molar-refractivity contribution in [3.63, 3.8) is 0 Å². The molecule has 2 nitrogen and oxygen atoms in total. The van der Waals surface area contributed by atoms with Crippen LogP contribution in [0.15, 0.2) is 36.5 Å². The first-order valence-electron chi connectivity index (χ1n) is 14.4. The SMILES string of the molecule is CCCCCCCCCCCCCCCCCn1cc(CCCc2ccccc2)nc1CC. The van der Waals surface area contributed by atoms with E-state index in [-0.39, 0.29) is 0 Å². The third kappa shape index (κ3) is 13.0. The Morgan fingerprint density at radius 1 is 0.606 bits per heavy atom. The van der Waals surface area contributed by atoms with Gasteiger partial charge < -0.3 is 4.57 Å². The van der Waals surface area contributed by atoms with Crippen LogP contribution in [0.25, 0.3) is 0 Å². The van der Waals surface area contributed by atoms with Crippen molar-refractivity contribution >= 4 is 0 Å². The molecule has 0 atom stereocenters. The van der Waals surface area contributed by atoms with Crippen molar-refractivity contribution in [1.82, 2.24) is 9.55 Å². The average Bonchev–Trinajstić information content (AvgIpc) is 3.24. The maximum atomic E-state index is 4.91. The molecule has 0 saturated heterocycles. The topological polar surface area (TPSA) is 17.8 Å². The van der Waals surface area contributed by atoms with Crippen molar-refractivity contribution in [3.05, 3.63) is 53.6 Å². The molecule has 0 saturated carbocycles. The molecule has 1 aromatic carbocycles. The molecule has 0 aliphatic rings. The Labute approximate surface area is 205 Å². The van der Waals surface area contributed by atoms with Gasteiger partial charge in [-0.15, -0.1) is 0 Å². The van der Waals surface area contributed by atoms with Gasteiger partial charge in [0.05, 0.1) is 5.69 Å². The molecule has 0 spiro atoms. The van der Waals surface area contributed by atoms with Gasteiger partial charge in [-0.2, -0.15) is 0 Å². The van der Waals surface area contributed by atoms with Crippen molar-refractivity contribution in [2.24, 2.45) is 0 Å². The van der Waals surface area contributed by atoms with Gasteiger partial charge in [-0.05, 0) is 31.2 Å². The number of aromatic nitrogens is 2. The van der Waals surface area contributed by atoms with Gasteiger partial charge >= 0.3 is 0 Å². The second-order valence-electron chi connectivity index (χ2n) is 9.98. The van der Waals surface area contributed by atoms with Crippen molar-refractivity contribution in [1.29, 1.82) is 0 Å². The van der Waals surface area contributed by atoms with E-state index in [2.05, 4.69) is 54.9 Å². The van der Waals surface area contributed by atoms with Crippen LogP contribution in [-0.2, 0) is 25.8 Å². The third-order valence-corrected chi connectivity index (χ3v) is 6.97. The lowest BCUT2D eigenvalue weighted by molar-refractivity contribution is 0.519. The van der Waals surface area contributed by atoms with Gasteiger partial charge in [0, 0.05) is 19.2 Å². The van der Waals surface area contributed by atoms with E-state index in [1.54, 1.807) is 0 Å². The normalized spacial score (nSPS) is 11.3. The molecule has 2 rings (SSSR count). The predicted octanol–water partition coefficient (Wildman–Crippen LogP) is 9.49. The highest BCUT2D eigenvalue weighted by Crippen LogP contribution is 2.15. The number of benzene rings is 1. The Morgan fingerprint density at radius 3 is 1.70 bits per heavy atom. The maximum absolute atomic E-state index is 4.91. The summed E-state index contributed by atoms with van der Waals surface area (Å²) in [5.74, 6) is 1.27. The lowest BCUT2D eigenvalue weighted by Crippen LogP contribution is -2.01. The highest BCUT2D eigenvalue weighted by molar-refractivity contribution is 5.15. The fourth-order valence-corrected chi connectivity index (χ4v) is 4.88. The van der Waals surface area contributed by atoms with E-state index in [1.165, 1.54) is 120 Å². The molecule has 0 radical (unpaired) electrons. The van der Waals surface area contributed by atoms with Crippen LogP contribution in [0, 0.1) is 0 Å². The highest BCUT2D eigenvalue weighted by atomic mass is 15.1. The number of hydrogen-bond acceptors (Lipinski definition) is 1. The number of unbranched alkanes of at least 4 members (excludes halogenated alkanes) is 14. The lowest BCUT2D eigenvalue weighted by Gasteiger charge is -2.06. The summed E-state index contributed by atoms with van der Waals surface area (Å²) in [6.07, 6.45) is 28.2. The van der Waals surface area contributed by atoms with Crippen LogP contribution in [0.1, 0.15) is 134 Å². The zero-order chi connectivity index (χ0) is 23.4. The molecule has 0 bridgehead atoms. The minimum absolute atomic E-state index is 1.04.